The van der Waals surface area contributed by atoms with Gasteiger partial charge in [0.2, 0.25) is 0 Å². The first-order valence-corrected chi connectivity index (χ1v) is 7.94. The van der Waals surface area contributed by atoms with Crippen molar-refractivity contribution in [3.05, 3.63) is 0 Å². The third kappa shape index (κ3) is 7.70. The third-order valence-corrected chi connectivity index (χ3v) is 3.39. The quantitative estimate of drug-likeness (QED) is 0.420. The highest BCUT2D eigenvalue weighted by Crippen LogP contribution is 2.03. The average Bonchev–Trinajstić information content (AvgIpc) is 2.40. The number of guanidine groups is 1. The van der Waals surface area contributed by atoms with Gasteiger partial charge in [-0.1, -0.05) is 13.8 Å². The number of ether oxygens (including phenoxy) is 1. The van der Waals surface area contributed by atoms with Crippen LogP contribution < -0.4 is 10.6 Å². The molecule has 0 aromatic heterocycles. The van der Waals surface area contributed by atoms with Crippen LogP contribution in [0.2, 0.25) is 0 Å². The molecule has 118 valence electrons. The van der Waals surface area contributed by atoms with Crippen LogP contribution in [0.15, 0.2) is 4.99 Å². The molecule has 2 N–H and O–H groups in total. The first-order valence-electron chi connectivity index (χ1n) is 7.94. The molecule has 1 unspecified atom stereocenters. The number of hydrogen-bond donors (Lipinski definition) is 2. The zero-order chi connectivity index (χ0) is 14.8. The number of nitrogens with one attached hydrogen (secondary N) is 2. The predicted molar refractivity (Wildman–Crippen MR) is 85.3 cm³/mol. The molecular weight excluding hydrogens is 252 g/mol. The Morgan fingerprint density at radius 1 is 1.40 bits per heavy atom. The van der Waals surface area contributed by atoms with Crippen LogP contribution in [-0.4, -0.2) is 63.3 Å². The first kappa shape index (κ1) is 17.2. The van der Waals surface area contributed by atoms with E-state index >= 15 is 0 Å². The Bertz CT molecular complexity index is 281. The van der Waals surface area contributed by atoms with E-state index in [9.17, 15) is 0 Å². The maximum Gasteiger partial charge on any atom is 0.191 e. The molecule has 1 fully saturated rings. The standard InChI is InChI=1S/C15H32N4O/c1-5-16-15(17-8-6-7-13(2)3)18-11-14-12-19(4)9-10-20-14/h13-14H,5-12H2,1-4H3,(H2,16,17,18). The summed E-state index contributed by atoms with van der Waals surface area (Å²) in [7, 11) is 2.13. The lowest BCUT2D eigenvalue weighted by molar-refractivity contribution is -0.0136. The summed E-state index contributed by atoms with van der Waals surface area (Å²) >= 11 is 0. The van der Waals surface area contributed by atoms with Gasteiger partial charge in [0.15, 0.2) is 5.96 Å². The highest BCUT2D eigenvalue weighted by molar-refractivity contribution is 5.79. The van der Waals surface area contributed by atoms with Gasteiger partial charge in [-0.15, -0.1) is 0 Å². The molecule has 1 aliphatic rings. The van der Waals surface area contributed by atoms with E-state index in [1.807, 2.05) is 0 Å². The van der Waals surface area contributed by atoms with Gasteiger partial charge in [0.25, 0.3) is 0 Å². The Morgan fingerprint density at radius 3 is 2.85 bits per heavy atom. The van der Waals surface area contributed by atoms with E-state index in [0.717, 1.165) is 51.2 Å². The van der Waals surface area contributed by atoms with Gasteiger partial charge in [0.1, 0.15) is 0 Å². The second kappa shape index (κ2) is 10.00. The molecule has 1 aliphatic heterocycles. The fraction of sp³-hybridized carbons (Fsp3) is 0.933. The monoisotopic (exact) mass is 284 g/mol. The zero-order valence-electron chi connectivity index (χ0n) is 13.6. The topological polar surface area (TPSA) is 48.9 Å². The van der Waals surface area contributed by atoms with Crippen molar-refractivity contribution in [2.45, 2.75) is 39.7 Å². The number of hydrogen-bond acceptors (Lipinski definition) is 3. The summed E-state index contributed by atoms with van der Waals surface area (Å²) in [5, 5.41) is 6.69. The van der Waals surface area contributed by atoms with Crippen LogP contribution in [-0.2, 0) is 4.74 Å². The lowest BCUT2D eigenvalue weighted by Gasteiger charge is -2.29. The lowest BCUT2D eigenvalue weighted by Crippen LogP contribution is -2.43. The Balaban J connectivity index is 2.29. The highest BCUT2D eigenvalue weighted by Gasteiger charge is 2.17. The highest BCUT2D eigenvalue weighted by atomic mass is 16.5. The van der Waals surface area contributed by atoms with Crippen molar-refractivity contribution >= 4 is 5.96 Å². The van der Waals surface area contributed by atoms with Gasteiger partial charge in [0.05, 0.1) is 19.3 Å². The molecular formula is C15H32N4O. The summed E-state index contributed by atoms with van der Waals surface area (Å²) in [6.45, 7) is 12.0. The van der Waals surface area contributed by atoms with Crippen molar-refractivity contribution in [2.75, 3.05) is 46.4 Å². The van der Waals surface area contributed by atoms with E-state index < -0.39 is 0 Å². The Labute approximate surface area is 124 Å². The Hall–Kier alpha value is -0.810. The Kier molecular flexibility index (Phi) is 8.62. The molecule has 0 aromatic carbocycles. The molecule has 0 bridgehead atoms. The molecule has 0 radical (unpaired) electrons. The van der Waals surface area contributed by atoms with Gasteiger partial charge in [0, 0.05) is 26.2 Å². The van der Waals surface area contributed by atoms with Gasteiger partial charge in [-0.05, 0) is 32.7 Å². The molecule has 1 heterocycles. The van der Waals surface area contributed by atoms with Gasteiger partial charge in [-0.2, -0.15) is 0 Å². The van der Waals surface area contributed by atoms with Crippen LogP contribution in [0.1, 0.15) is 33.6 Å². The summed E-state index contributed by atoms with van der Waals surface area (Å²) < 4.78 is 5.73. The molecule has 5 nitrogen and oxygen atoms in total. The number of aliphatic imine (C=N–C) groups is 1. The lowest BCUT2D eigenvalue weighted by atomic mass is 10.1. The summed E-state index contributed by atoms with van der Waals surface area (Å²) in [6.07, 6.45) is 2.66. The summed E-state index contributed by atoms with van der Waals surface area (Å²) in [6, 6.07) is 0. The average molecular weight is 284 g/mol. The summed E-state index contributed by atoms with van der Waals surface area (Å²) in [4.78, 5) is 6.93. The molecule has 5 heteroatoms. The Morgan fingerprint density at radius 2 is 2.20 bits per heavy atom. The molecule has 1 rings (SSSR count). The molecule has 0 amide bonds. The van der Waals surface area contributed by atoms with Crippen LogP contribution in [0.25, 0.3) is 0 Å². The maximum absolute atomic E-state index is 5.73. The normalized spacial score (nSPS) is 21.2. The summed E-state index contributed by atoms with van der Waals surface area (Å²) in [5.74, 6) is 1.68. The summed E-state index contributed by atoms with van der Waals surface area (Å²) in [5.41, 5.74) is 0. The van der Waals surface area contributed by atoms with Crippen molar-refractivity contribution in [3.8, 4) is 0 Å². The van der Waals surface area contributed by atoms with E-state index in [-0.39, 0.29) is 6.10 Å². The zero-order valence-corrected chi connectivity index (χ0v) is 13.6. The van der Waals surface area contributed by atoms with Crippen LogP contribution in [0.5, 0.6) is 0 Å². The van der Waals surface area contributed by atoms with Crippen molar-refractivity contribution in [1.82, 2.24) is 15.5 Å². The van der Waals surface area contributed by atoms with Crippen LogP contribution in [0, 0.1) is 5.92 Å². The third-order valence-electron chi connectivity index (χ3n) is 3.39. The SMILES string of the molecule is CCNC(=NCC1CN(C)CCO1)NCCCC(C)C. The van der Waals surface area contributed by atoms with Gasteiger partial charge in [-0.25, -0.2) is 0 Å². The van der Waals surface area contributed by atoms with E-state index in [2.05, 4.69) is 48.3 Å². The number of nitrogens with zero attached hydrogens (tertiary/aromatic N) is 2. The smallest absolute Gasteiger partial charge is 0.191 e. The largest absolute Gasteiger partial charge is 0.374 e. The van der Waals surface area contributed by atoms with E-state index in [1.54, 1.807) is 0 Å². The second-order valence-electron chi connectivity index (χ2n) is 5.94. The fourth-order valence-corrected chi connectivity index (χ4v) is 2.23. The number of morpholine rings is 1. The van der Waals surface area contributed by atoms with Crippen molar-refractivity contribution in [3.63, 3.8) is 0 Å². The van der Waals surface area contributed by atoms with E-state index in [4.69, 9.17) is 4.74 Å². The molecule has 1 saturated heterocycles. The minimum atomic E-state index is 0.222. The fourth-order valence-electron chi connectivity index (χ4n) is 2.23. The first-order chi connectivity index (χ1) is 9.61. The number of likely N-dealkylation sites (N-methyl/N-ethyl adjacent to an activating group) is 1. The molecule has 1 atom stereocenters. The molecule has 0 spiro atoms. The molecule has 0 saturated carbocycles. The minimum absolute atomic E-state index is 0.222. The minimum Gasteiger partial charge on any atom is -0.374 e. The van der Waals surface area contributed by atoms with Crippen molar-refractivity contribution in [1.29, 1.82) is 0 Å². The molecule has 0 aromatic rings. The van der Waals surface area contributed by atoms with Gasteiger partial charge in [-0.3, -0.25) is 4.99 Å². The van der Waals surface area contributed by atoms with Gasteiger partial charge >= 0.3 is 0 Å². The second-order valence-corrected chi connectivity index (χ2v) is 5.94. The van der Waals surface area contributed by atoms with Crippen molar-refractivity contribution < 1.29 is 4.74 Å². The van der Waals surface area contributed by atoms with Crippen LogP contribution in [0.4, 0.5) is 0 Å². The van der Waals surface area contributed by atoms with E-state index in [0.29, 0.717) is 0 Å². The predicted octanol–water partition coefficient (Wildman–Crippen LogP) is 1.31. The molecule has 0 aliphatic carbocycles. The van der Waals surface area contributed by atoms with Crippen LogP contribution in [0.3, 0.4) is 0 Å². The van der Waals surface area contributed by atoms with E-state index in [1.165, 1.54) is 12.8 Å². The number of rotatable bonds is 7. The van der Waals surface area contributed by atoms with Gasteiger partial charge < -0.3 is 20.3 Å². The maximum atomic E-state index is 5.73. The molecule has 20 heavy (non-hydrogen) atoms. The van der Waals surface area contributed by atoms with Crippen LogP contribution >= 0.6 is 0 Å². The van der Waals surface area contributed by atoms with Crippen molar-refractivity contribution in [2.24, 2.45) is 10.9 Å².